The Hall–Kier alpha value is -1.46. The minimum absolute atomic E-state index is 0.500. The van der Waals surface area contributed by atoms with Crippen LogP contribution in [0.3, 0.4) is 0 Å². The summed E-state index contributed by atoms with van der Waals surface area (Å²) in [6.45, 7) is 5.68. The lowest BCUT2D eigenvalue weighted by Gasteiger charge is -2.08. The molecule has 4 nitrogen and oxygen atoms in total. The third-order valence-electron chi connectivity index (χ3n) is 2.52. The Labute approximate surface area is 121 Å². The van der Waals surface area contributed by atoms with Gasteiger partial charge in [0.05, 0.1) is 16.4 Å². The van der Waals surface area contributed by atoms with Gasteiger partial charge in [-0.2, -0.15) is 0 Å². The van der Waals surface area contributed by atoms with Crippen LogP contribution in [0.25, 0.3) is 0 Å². The predicted octanol–water partition coefficient (Wildman–Crippen LogP) is 3.45. The minimum atomic E-state index is 0.500. The highest BCUT2D eigenvalue weighted by Gasteiger charge is 2.05. The molecule has 5 heteroatoms. The van der Waals surface area contributed by atoms with Gasteiger partial charge >= 0.3 is 0 Å². The molecule has 1 N–H and O–H groups in total. The van der Waals surface area contributed by atoms with Gasteiger partial charge in [0.2, 0.25) is 5.88 Å². The van der Waals surface area contributed by atoms with E-state index in [-0.39, 0.29) is 0 Å². The molecule has 0 spiro atoms. The van der Waals surface area contributed by atoms with Crippen LogP contribution >= 0.6 is 15.9 Å². The van der Waals surface area contributed by atoms with Crippen molar-refractivity contribution in [2.75, 3.05) is 6.54 Å². The van der Waals surface area contributed by atoms with E-state index in [1.807, 2.05) is 25.1 Å². The van der Waals surface area contributed by atoms with Gasteiger partial charge in [0, 0.05) is 12.7 Å². The van der Waals surface area contributed by atoms with E-state index >= 15 is 0 Å². The highest BCUT2D eigenvalue weighted by atomic mass is 79.9. The second-order valence-corrected chi connectivity index (χ2v) is 5.02. The molecule has 0 unspecified atom stereocenters. The number of nitrogens with zero attached hydrogens (tertiary/aromatic N) is 2. The average Bonchev–Trinajstić information content (AvgIpc) is 2.40. The van der Waals surface area contributed by atoms with Crippen LogP contribution in [0.5, 0.6) is 11.6 Å². The van der Waals surface area contributed by atoms with Crippen LogP contribution in [0, 0.1) is 6.92 Å². The molecule has 0 saturated carbocycles. The second-order valence-electron chi connectivity index (χ2n) is 4.16. The molecule has 0 aliphatic rings. The largest absolute Gasteiger partial charge is 0.436 e. The molecule has 1 aromatic heterocycles. The fraction of sp³-hybridized carbons (Fsp3) is 0.286. The number of aromatic nitrogens is 2. The first-order valence-electron chi connectivity index (χ1n) is 6.14. The third-order valence-corrected chi connectivity index (χ3v) is 3.14. The number of ether oxygens (including phenoxy) is 1. The first-order chi connectivity index (χ1) is 9.19. The van der Waals surface area contributed by atoms with Crippen LogP contribution < -0.4 is 10.1 Å². The molecule has 0 radical (unpaired) electrons. The summed E-state index contributed by atoms with van der Waals surface area (Å²) in [4.78, 5) is 8.54. The van der Waals surface area contributed by atoms with Crippen LogP contribution in [0.1, 0.15) is 18.2 Å². The van der Waals surface area contributed by atoms with Gasteiger partial charge in [0.25, 0.3) is 0 Å². The molecule has 0 bridgehead atoms. The fourth-order valence-corrected chi connectivity index (χ4v) is 2.15. The molecule has 19 heavy (non-hydrogen) atoms. The number of nitrogens with one attached hydrogen (secondary N) is 1. The van der Waals surface area contributed by atoms with Crippen LogP contribution in [-0.2, 0) is 6.54 Å². The topological polar surface area (TPSA) is 47.0 Å². The maximum absolute atomic E-state index is 5.74. The van der Waals surface area contributed by atoms with E-state index in [4.69, 9.17) is 4.74 Å². The molecule has 0 fully saturated rings. The van der Waals surface area contributed by atoms with Gasteiger partial charge in [-0.3, -0.25) is 4.98 Å². The van der Waals surface area contributed by atoms with E-state index in [1.54, 1.807) is 12.4 Å². The molecule has 1 heterocycles. The zero-order valence-corrected chi connectivity index (χ0v) is 12.6. The van der Waals surface area contributed by atoms with Crippen molar-refractivity contribution in [1.82, 2.24) is 15.3 Å². The lowest BCUT2D eigenvalue weighted by Crippen LogP contribution is -2.13. The quantitative estimate of drug-likeness (QED) is 0.916. The zero-order chi connectivity index (χ0) is 13.7. The SMILES string of the molecule is CCNCc1cncc(Oc2ccc(C)cc2Br)n1. The first-order valence-corrected chi connectivity index (χ1v) is 6.94. The molecule has 0 aliphatic heterocycles. The monoisotopic (exact) mass is 321 g/mol. The third kappa shape index (κ3) is 4.01. The van der Waals surface area contributed by atoms with Crippen molar-refractivity contribution in [3.8, 4) is 11.6 Å². The molecule has 0 aliphatic carbocycles. The number of hydrogen-bond donors (Lipinski definition) is 1. The summed E-state index contributed by atoms with van der Waals surface area (Å²) in [5.74, 6) is 1.24. The van der Waals surface area contributed by atoms with Crippen LogP contribution in [0.15, 0.2) is 35.1 Å². The number of hydrogen-bond acceptors (Lipinski definition) is 4. The molecule has 0 amide bonds. The van der Waals surface area contributed by atoms with Crippen molar-refractivity contribution in [3.63, 3.8) is 0 Å². The smallest absolute Gasteiger partial charge is 0.238 e. The Morgan fingerprint density at radius 2 is 2.16 bits per heavy atom. The van der Waals surface area contributed by atoms with E-state index in [1.165, 1.54) is 5.56 Å². The highest BCUT2D eigenvalue weighted by Crippen LogP contribution is 2.29. The van der Waals surface area contributed by atoms with Crippen molar-refractivity contribution < 1.29 is 4.74 Å². The normalized spacial score (nSPS) is 10.5. The van der Waals surface area contributed by atoms with Crippen molar-refractivity contribution in [2.45, 2.75) is 20.4 Å². The summed E-state index contributed by atoms with van der Waals surface area (Å²) < 4.78 is 6.65. The van der Waals surface area contributed by atoms with Crippen LogP contribution in [-0.4, -0.2) is 16.5 Å². The number of rotatable bonds is 5. The Morgan fingerprint density at radius 3 is 2.89 bits per heavy atom. The average molecular weight is 322 g/mol. The summed E-state index contributed by atoms with van der Waals surface area (Å²) in [6.07, 6.45) is 3.35. The number of halogens is 1. The summed E-state index contributed by atoms with van der Waals surface area (Å²) in [7, 11) is 0. The Kier molecular flexibility index (Phi) is 4.87. The summed E-state index contributed by atoms with van der Waals surface area (Å²) in [6, 6.07) is 5.92. The van der Waals surface area contributed by atoms with Crippen molar-refractivity contribution in [2.24, 2.45) is 0 Å². The lowest BCUT2D eigenvalue weighted by atomic mass is 10.2. The van der Waals surface area contributed by atoms with Gasteiger partial charge in [-0.25, -0.2) is 4.98 Å². The van der Waals surface area contributed by atoms with Crippen LogP contribution in [0.4, 0.5) is 0 Å². The number of aryl methyl sites for hydroxylation is 1. The lowest BCUT2D eigenvalue weighted by molar-refractivity contribution is 0.453. The van der Waals surface area contributed by atoms with Crippen molar-refractivity contribution >= 4 is 15.9 Å². The first kappa shape index (κ1) is 14.0. The van der Waals surface area contributed by atoms with E-state index in [2.05, 4.69) is 38.1 Å². The van der Waals surface area contributed by atoms with E-state index in [9.17, 15) is 0 Å². The standard InChI is InChI=1S/C14H16BrN3O/c1-3-16-7-11-8-17-9-14(18-11)19-13-5-4-10(2)6-12(13)15/h4-6,8-9,16H,3,7H2,1-2H3. The van der Waals surface area contributed by atoms with Gasteiger partial charge in [-0.1, -0.05) is 13.0 Å². The molecule has 100 valence electrons. The minimum Gasteiger partial charge on any atom is -0.436 e. The van der Waals surface area contributed by atoms with Crippen LogP contribution in [0.2, 0.25) is 0 Å². The summed E-state index contributed by atoms with van der Waals surface area (Å²) in [5.41, 5.74) is 2.04. The maximum atomic E-state index is 5.74. The van der Waals surface area contributed by atoms with Gasteiger partial charge in [-0.15, -0.1) is 0 Å². The van der Waals surface area contributed by atoms with Gasteiger partial charge < -0.3 is 10.1 Å². The Bertz CT molecular complexity index is 560. The van der Waals surface area contributed by atoms with Gasteiger partial charge in [0.1, 0.15) is 5.75 Å². The highest BCUT2D eigenvalue weighted by molar-refractivity contribution is 9.10. The maximum Gasteiger partial charge on any atom is 0.238 e. The van der Waals surface area contributed by atoms with Crippen molar-refractivity contribution in [1.29, 1.82) is 0 Å². The summed E-state index contributed by atoms with van der Waals surface area (Å²) in [5, 5.41) is 3.21. The van der Waals surface area contributed by atoms with E-state index in [0.717, 1.165) is 22.5 Å². The molecule has 2 rings (SSSR count). The van der Waals surface area contributed by atoms with E-state index in [0.29, 0.717) is 12.4 Å². The molecule has 1 aromatic carbocycles. The van der Waals surface area contributed by atoms with Gasteiger partial charge in [0.15, 0.2) is 0 Å². The van der Waals surface area contributed by atoms with E-state index < -0.39 is 0 Å². The molecule has 0 atom stereocenters. The second kappa shape index (κ2) is 6.63. The molecular weight excluding hydrogens is 306 g/mol. The Morgan fingerprint density at radius 1 is 1.32 bits per heavy atom. The zero-order valence-electron chi connectivity index (χ0n) is 11.0. The Balaban J connectivity index is 2.14. The predicted molar refractivity (Wildman–Crippen MR) is 78.4 cm³/mol. The molecule has 0 saturated heterocycles. The van der Waals surface area contributed by atoms with Gasteiger partial charge in [-0.05, 0) is 47.1 Å². The number of benzene rings is 1. The molecular formula is C14H16BrN3O. The van der Waals surface area contributed by atoms with Crippen molar-refractivity contribution in [3.05, 3.63) is 46.3 Å². The fourth-order valence-electron chi connectivity index (χ4n) is 1.58. The molecule has 2 aromatic rings. The summed E-state index contributed by atoms with van der Waals surface area (Å²) >= 11 is 3.48.